The van der Waals surface area contributed by atoms with E-state index in [0.717, 1.165) is 26.1 Å². The van der Waals surface area contributed by atoms with Gasteiger partial charge in [-0.05, 0) is 29.9 Å². The number of hydrogen-bond acceptors (Lipinski definition) is 2. The van der Waals surface area contributed by atoms with Crippen molar-refractivity contribution in [2.45, 2.75) is 45.1 Å². The van der Waals surface area contributed by atoms with Crippen LogP contribution in [0.3, 0.4) is 0 Å². The maximum absolute atomic E-state index is 5.49. The van der Waals surface area contributed by atoms with Crippen LogP contribution in [0.2, 0.25) is 0 Å². The van der Waals surface area contributed by atoms with Crippen molar-refractivity contribution in [1.82, 2.24) is 9.55 Å². The molecule has 1 unspecified atom stereocenters. The number of fused-ring (bicyclic) bond motifs is 1. The number of hydrogen-bond donors (Lipinski definition) is 0. The van der Waals surface area contributed by atoms with Crippen LogP contribution in [0.4, 0.5) is 0 Å². The fourth-order valence-corrected chi connectivity index (χ4v) is 3.48. The Morgan fingerprint density at radius 3 is 2.95 bits per heavy atom. The van der Waals surface area contributed by atoms with Crippen LogP contribution in [0.25, 0.3) is 0 Å². The van der Waals surface area contributed by atoms with Crippen LogP contribution in [0.1, 0.15) is 50.1 Å². The molecule has 21 heavy (non-hydrogen) atoms. The number of benzene rings is 1. The molecular weight excluding hydrogens is 260 g/mol. The number of rotatable bonds is 5. The van der Waals surface area contributed by atoms with Crippen molar-refractivity contribution in [2.75, 3.05) is 13.2 Å². The van der Waals surface area contributed by atoms with E-state index in [4.69, 9.17) is 4.74 Å². The molecule has 0 radical (unpaired) electrons. The molecule has 0 spiro atoms. The van der Waals surface area contributed by atoms with Gasteiger partial charge in [-0.2, -0.15) is 0 Å². The van der Waals surface area contributed by atoms with Crippen molar-refractivity contribution in [3.63, 3.8) is 0 Å². The van der Waals surface area contributed by atoms with Crippen molar-refractivity contribution in [3.8, 4) is 0 Å². The third-order valence-electron chi connectivity index (χ3n) is 4.54. The zero-order valence-electron chi connectivity index (χ0n) is 13.2. The highest BCUT2D eigenvalue weighted by Crippen LogP contribution is 2.46. The van der Waals surface area contributed by atoms with Gasteiger partial charge in [0.15, 0.2) is 0 Å². The van der Waals surface area contributed by atoms with Gasteiger partial charge in [0.2, 0.25) is 0 Å². The predicted molar refractivity (Wildman–Crippen MR) is 84.6 cm³/mol. The van der Waals surface area contributed by atoms with Gasteiger partial charge in [-0.1, -0.05) is 38.1 Å². The summed E-state index contributed by atoms with van der Waals surface area (Å²) >= 11 is 0. The Balaban J connectivity index is 1.91. The van der Waals surface area contributed by atoms with Gasteiger partial charge in [-0.15, -0.1) is 0 Å². The molecule has 112 valence electrons. The lowest BCUT2D eigenvalue weighted by atomic mass is 9.86. The molecule has 3 rings (SSSR count). The fourth-order valence-electron chi connectivity index (χ4n) is 3.48. The average Bonchev–Trinajstić information content (AvgIpc) is 3.03. The largest absolute Gasteiger partial charge is 0.381 e. The van der Waals surface area contributed by atoms with Gasteiger partial charge in [0, 0.05) is 24.9 Å². The van der Waals surface area contributed by atoms with Crippen LogP contribution in [0.15, 0.2) is 36.8 Å². The lowest BCUT2D eigenvalue weighted by Crippen LogP contribution is -2.16. The Hall–Kier alpha value is -1.61. The SMILES string of the molecule is CCOCCc1cncn1C1CC(C)(C)c2ccccc21. The van der Waals surface area contributed by atoms with E-state index in [1.54, 1.807) is 0 Å². The van der Waals surface area contributed by atoms with E-state index in [-0.39, 0.29) is 5.41 Å². The Morgan fingerprint density at radius 1 is 1.33 bits per heavy atom. The molecule has 0 aliphatic heterocycles. The maximum atomic E-state index is 5.49. The van der Waals surface area contributed by atoms with Crippen LogP contribution in [-0.2, 0) is 16.6 Å². The summed E-state index contributed by atoms with van der Waals surface area (Å²) in [5, 5.41) is 0. The van der Waals surface area contributed by atoms with E-state index < -0.39 is 0 Å². The lowest BCUT2D eigenvalue weighted by molar-refractivity contribution is 0.149. The summed E-state index contributed by atoms with van der Waals surface area (Å²) in [5.74, 6) is 0. The normalized spacial score (nSPS) is 19.7. The van der Waals surface area contributed by atoms with E-state index in [1.807, 2.05) is 19.4 Å². The van der Waals surface area contributed by atoms with Gasteiger partial charge >= 0.3 is 0 Å². The summed E-state index contributed by atoms with van der Waals surface area (Å²) in [6, 6.07) is 9.22. The molecule has 0 saturated carbocycles. The van der Waals surface area contributed by atoms with Crippen molar-refractivity contribution >= 4 is 0 Å². The highest BCUT2D eigenvalue weighted by molar-refractivity contribution is 5.41. The topological polar surface area (TPSA) is 27.1 Å². The Bertz CT molecular complexity index is 615. The Kier molecular flexibility index (Phi) is 3.85. The smallest absolute Gasteiger partial charge is 0.0953 e. The first-order valence-corrected chi connectivity index (χ1v) is 7.81. The lowest BCUT2D eigenvalue weighted by Gasteiger charge is -2.20. The Morgan fingerprint density at radius 2 is 2.14 bits per heavy atom. The van der Waals surface area contributed by atoms with Crippen LogP contribution < -0.4 is 0 Å². The molecule has 1 aliphatic rings. The quantitative estimate of drug-likeness (QED) is 0.782. The highest BCUT2D eigenvalue weighted by Gasteiger charge is 2.37. The molecule has 1 aromatic carbocycles. The molecule has 3 heteroatoms. The zero-order valence-corrected chi connectivity index (χ0v) is 13.2. The monoisotopic (exact) mass is 284 g/mol. The molecule has 1 heterocycles. The zero-order chi connectivity index (χ0) is 14.9. The second-order valence-corrected chi connectivity index (χ2v) is 6.43. The minimum absolute atomic E-state index is 0.225. The number of aromatic nitrogens is 2. The Labute approximate surface area is 127 Å². The molecule has 0 saturated heterocycles. The van der Waals surface area contributed by atoms with Gasteiger partial charge in [-0.3, -0.25) is 0 Å². The summed E-state index contributed by atoms with van der Waals surface area (Å²) in [7, 11) is 0. The minimum Gasteiger partial charge on any atom is -0.381 e. The molecule has 0 amide bonds. The standard InChI is InChI=1S/C18H24N2O/c1-4-21-10-9-14-12-19-13-20(14)17-11-18(2,3)16-8-6-5-7-15(16)17/h5-8,12-13,17H,4,9-11H2,1-3H3. The summed E-state index contributed by atoms with van der Waals surface area (Å²) in [6.07, 6.45) is 6.01. The highest BCUT2D eigenvalue weighted by atomic mass is 16.5. The molecule has 0 bridgehead atoms. The van der Waals surface area contributed by atoms with Gasteiger partial charge in [0.25, 0.3) is 0 Å². The third-order valence-corrected chi connectivity index (χ3v) is 4.54. The summed E-state index contributed by atoms with van der Waals surface area (Å²) in [6.45, 7) is 8.24. The number of nitrogens with zero attached hydrogens (tertiary/aromatic N) is 2. The van der Waals surface area contributed by atoms with Crippen LogP contribution in [-0.4, -0.2) is 22.8 Å². The molecule has 0 N–H and O–H groups in total. The number of ether oxygens (including phenoxy) is 1. The first-order chi connectivity index (χ1) is 10.1. The van der Waals surface area contributed by atoms with Crippen molar-refractivity contribution in [2.24, 2.45) is 0 Å². The average molecular weight is 284 g/mol. The maximum Gasteiger partial charge on any atom is 0.0953 e. The minimum atomic E-state index is 0.225. The third kappa shape index (κ3) is 2.62. The first-order valence-electron chi connectivity index (χ1n) is 7.81. The summed E-state index contributed by atoms with van der Waals surface area (Å²) in [5.41, 5.74) is 4.40. The molecular formula is C18H24N2O. The van der Waals surface area contributed by atoms with E-state index >= 15 is 0 Å². The molecule has 1 aliphatic carbocycles. The molecule has 3 nitrogen and oxygen atoms in total. The number of imidazole rings is 1. The molecule has 1 atom stereocenters. The van der Waals surface area contributed by atoms with Gasteiger partial charge < -0.3 is 9.30 Å². The second kappa shape index (κ2) is 5.64. The van der Waals surface area contributed by atoms with Crippen LogP contribution in [0, 0.1) is 0 Å². The molecule has 2 aromatic rings. The summed E-state index contributed by atoms with van der Waals surface area (Å²) in [4.78, 5) is 4.37. The van der Waals surface area contributed by atoms with Crippen LogP contribution in [0.5, 0.6) is 0 Å². The van der Waals surface area contributed by atoms with Crippen molar-refractivity contribution < 1.29 is 4.74 Å². The van der Waals surface area contributed by atoms with Gasteiger partial charge in [0.05, 0.1) is 19.0 Å². The van der Waals surface area contributed by atoms with E-state index in [1.165, 1.54) is 16.8 Å². The van der Waals surface area contributed by atoms with E-state index in [0.29, 0.717) is 6.04 Å². The van der Waals surface area contributed by atoms with Crippen molar-refractivity contribution in [1.29, 1.82) is 0 Å². The van der Waals surface area contributed by atoms with Gasteiger partial charge in [-0.25, -0.2) is 4.98 Å². The van der Waals surface area contributed by atoms with Crippen molar-refractivity contribution in [3.05, 3.63) is 53.6 Å². The van der Waals surface area contributed by atoms with Gasteiger partial charge in [0.1, 0.15) is 0 Å². The van der Waals surface area contributed by atoms with E-state index in [9.17, 15) is 0 Å². The predicted octanol–water partition coefficient (Wildman–Crippen LogP) is 3.73. The molecule has 0 fully saturated rings. The summed E-state index contributed by atoms with van der Waals surface area (Å²) < 4.78 is 7.83. The second-order valence-electron chi connectivity index (χ2n) is 6.43. The van der Waals surface area contributed by atoms with Crippen LogP contribution >= 0.6 is 0 Å². The fraction of sp³-hybridized carbons (Fsp3) is 0.500. The van der Waals surface area contributed by atoms with E-state index in [2.05, 4.69) is 47.7 Å². The molecule has 1 aromatic heterocycles. The first kappa shape index (κ1) is 14.3.